The fourth-order valence-corrected chi connectivity index (χ4v) is 3.69. The second-order valence-corrected chi connectivity index (χ2v) is 7.15. The molecule has 0 spiro atoms. The van der Waals surface area contributed by atoms with Gasteiger partial charge in [0.2, 0.25) is 11.8 Å². The Labute approximate surface area is 149 Å². The number of hydrogen-bond acceptors (Lipinski definition) is 4. The predicted octanol–water partition coefficient (Wildman–Crippen LogP) is 2.49. The van der Waals surface area contributed by atoms with Gasteiger partial charge in [-0.3, -0.25) is 9.59 Å². The highest BCUT2D eigenvalue weighted by Crippen LogP contribution is 2.25. The van der Waals surface area contributed by atoms with E-state index in [1.165, 1.54) is 19.3 Å². The number of rotatable bonds is 4. The Balaban J connectivity index is 1.71. The van der Waals surface area contributed by atoms with Crippen molar-refractivity contribution in [2.24, 2.45) is 0 Å². The topological polar surface area (TPSA) is 62.7 Å². The van der Waals surface area contributed by atoms with E-state index in [4.69, 9.17) is 4.74 Å². The van der Waals surface area contributed by atoms with E-state index >= 15 is 0 Å². The summed E-state index contributed by atoms with van der Waals surface area (Å²) in [6.45, 7) is 0.615. The van der Waals surface area contributed by atoms with Crippen LogP contribution in [0.5, 0.6) is 5.88 Å². The van der Waals surface area contributed by atoms with Gasteiger partial charge in [-0.2, -0.15) is 0 Å². The Morgan fingerprint density at radius 2 is 1.92 bits per heavy atom. The zero-order valence-electron chi connectivity index (χ0n) is 15.1. The lowest BCUT2D eigenvalue weighted by atomic mass is 9.98. The molecule has 3 rings (SSSR count). The van der Waals surface area contributed by atoms with Crippen molar-refractivity contribution in [3.8, 4) is 5.88 Å². The first-order chi connectivity index (χ1) is 12.1. The molecule has 25 heavy (non-hydrogen) atoms. The molecule has 136 valence electrons. The molecule has 2 amide bonds. The van der Waals surface area contributed by atoms with Gasteiger partial charge in [-0.1, -0.05) is 6.42 Å². The first kappa shape index (κ1) is 17.7. The van der Waals surface area contributed by atoms with Gasteiger partial charge in [-0.25, -0.2) is 4.98 Å². The van der Waals surface area contributed by atoms with Crippen molar-refractivity contribution < 1.29 is 14.3 Å². The van der Waals surface area contributed by atoms with Gasteiger partial charge in [0.25, 0.3) is 5.91 Å². The summed E-state index contributed by atoms with van der Waals surface area (Å²) in [4.78, 5) is 32.7. The van der Waals surface area contributed by atoms with Gasteiger partial charge in [-0.15, -0.1) is 0 Å². The van der Waals surface area contributed by atoms with Crippen LogP contribution in [-0.2, 0) is 4.79 Å². The van der Waals surface area contributed by atoms with Crippen LogP contribution in [0.15, 0.2) is 18.3 Å². The van der Waals surface area contributed by atoms with Crippen LogP contribution in [0.1, 0.15) is 55.3 Å². The monoisotopic (exact) mass is 345 g/mol. The Morgan fingerprint density at radius 1 is 1.16 bits per heavy atom. The van der Waals surface area contributed by atoms with Crippen molar-refractivity contribution in [1.29, 1.82) is 0 Å². The number of ether oxygens (including phenoxy) is 1. The van der Waals surface area contributed by atoms with Crippen LogP contribution in [0.4, 0.5) is 0 Å². The van der Waals surface area contributed by atoms with E-state index in [-0.39, 0.29) is 24.0 Å². The molecule has 0 N–H and O–H groups in total. The van der Waals surface area contributed by atoms with Gasteiger partial charge < -0.3 is 14.5 Å². The van der Waals surface area contributed by atoms with Crippen molar-refractivity contribution in [3.63, 3.8) is 0 Å². The average molecular weight is 345 g/mol. The standard InChI is InChI=1S/C19H27N3O3/c1-21(2)19(24)16-9-6-12-22(16)18(23)14-10-11-20-17(13-14)25-15-7-4-3-5-8-15/h10-11,13,15-16H,3-9,12H2,1-2H3. The van der Waals surface area contributed by atoms with Crippen LogP contribution >= 0.6 is 0 Å². The third kappa shape index (κ3) is 4.11. The largest absolute Gasteiger partial charge is 0.474 e. The summed E-state index contributed by atoms with van der Waals surface area (Å²) in [7, 11) is 3.46. The van der Waals surface area contributed by atoms with E-state index in [0.717, 1.165) is 25.7 Å². The van der Waals surface area contributed by atoms with Crippen molar-refractivity contribution in [2.45, 2.75) is 57.1 Å². The molecule has 1 aliphatic carbocycles. The lowest BCUT2D eigenvalue weighted by Crippen LogP contribution is -2.45. The van der Waals surface area contributed by atoms with Crippen molar-refractivity contribution in [3.05, 3.63) is 23.9 Å². The molecule has 1 aliphatic heterocycles. The van der Waals surface area contributed by atoms with E-state index in [1.807, 2.05) is 0 Å². The second-order valence-electron chi connectivity index (χ2n) is 7.15. The molecule has 6 heteroatoms. The van der Waals surface area contributed by atoms with Crippen molar-refractivity contribution >= 4 is 11.8 Å². The summed E-state index contributed by atoms with van der Waals surface area (Å²) in [6, 6.07) is 3.05. The molecular formula is C19H27N3O3. The minimum Gasteiger partial charge on any atom is -0.474 e. The number of carbonyl (C=O) groups excluding carboxylic acids is 2. The van der Waals surface area contributed by atoms with E-state index in [1.54, 1.807) is 42.2 Å². The number of likely N-dealkylation sites (tertiary alicyclic amines) is 1. The van der Waals surface area contributed by atoms with Gasteiger partial charge in [0.05, 0.1) is 0 Å². The van der Waals surface area contributed by atoms with Crippen LogP contribution in [0.3, 0.4) is 0 Å². The highest BCUT2D eigenvalue weighted by Gasteiger charge is 2.35. The highest BCUT2D eigenvalue weighted by molar-refractivity contribution is 5.98. The first-order valence-corrected chi connectivity index (χ1v) is 9.21. The number of hydrogen-bond donors (Lipinski definition) is 0. The zero-order valence-corrected chi connectivity index (χ0v) is 15.1. The smallest absolute Gasteiger partial charge is 0.254 e. The minimum atomic E-state index is -0.363. The van der Waals surface area contributed by atoms with E-state index in [0.29, 0.717) is 18.0 Å². The van der Waals surface area contributed by atoms with Crippen LogP contribution in [0.2, 0.25) is 0 Å². The molecule has 1 saturated carbocycles. The van der Waals surface area contributed by atoms with E-state index in [2.05, 4.69) is 4.98 Å². The molecule has 6 nitrogen and oxygen atoms in total. The van der Waals surface area contributed by atoms with Crippen LogP contribution in [0.25, 0.3) is 0 Å². The average Bonchev–Trinajstić information content (AvgIpc) is 3.11. The van der Waals surface area contributed by atoms with Gasteiger partial charge >= 0.3 is 0 Å². The van der Waals surface area contributed by atoms with Crippen LogP contribution in [0, 0.1) is 0 Å². The fraction of sp³-hybridized carbons (Fsp3) is 0.632. The van der Waals surface area contributed by atoms with Crippen molar-refractivity contribution in [2.75, 3.05) is 20.6 Å². The minimum absolute atomic E-state index is 0.0152. The second kappa shape index (κ2) is 7.85. The number of amides is 2. The Morgan fingerprint density at radius 3 is 2.64 bits per heavy atom. The van der Waals surface area contributed by atoms with Crippen LogP contribution in [-0.4, -0.2) is 59.4 Å². The Kier molecular flexibility index (Phi) is 5.56. The fourth-order valence-electron chi connectivity index (χ4n) is 3.69. The molecule has 2 fully saturated rings. The van der Waals surface area contributed by atoms with Gasteiger partial charge in [0, 0.05) is 38.5 Å². The molecule has 0 aromatic carbocycles. The molecule has 1 aromatic heterocycles. The predicted molar refractivity (Wildman–Crippen MR) is 94.5 cm³/mol. The van der Waals surface area contributed by atoms with Gasteiger partial charge in [-0.05, 0) is 44.6 Å². The van der Waals surface area contributed by atoms with E-state index in [9.17, 15) is 9.59 Å². The Hall–Kier alpha value is -2.11. The van der Waals surface area contributed by atoms with Crippen LogP contribution < -0.4 is 4.74 Å². The summed E-state index contributed by atoms with van der Waals surface area (Å²) < 4.78 is 5.96. The molecule has 2 heterocycles. The normalized spacial score (nSPS) is 21.2. The summed E-state index contributed by atoms with van der Waals surface area (Å²) >= 11 is 0. The molecule has 1 atom stereocenters. The third-order valence-corrected chi connectivity index (χ3v) is 5.06. The molecule has 0 radical (unpaired) electrons. The number of carbonyl (C=O) groups is 2. The van der Waals surface area contributed by atoms with Gasteiger partial charge in [0.15, 0.2) is 0 Å². The summed E-state index contributed by atoms with van der Waals surface area (Å²) in [5, 5.41) is 0. The van der Waals surface area contributed by atoms with Crippen molar-refractivity contribution in [1.82, 2.24) is 14.8 Å². The summed E-state index contributed by atoms with van der Waals surface area (Å²) in [6.07, 6.45) is 9.12. The molecule has 1 aromatic rings. The van der Waals surface area contributed by atoms with Gasteiger partial charge in [0.1, 0.15) is 12.1 Å². The lowest BCUT2D eigenvalue weighted by Gasteiger charge is -2.26. The number of aromatic nitrogens is 1. The highest BCUT2D eigenvalue weighted by atomic mass is 16.5. The van der Waals surface area contributed by atoms with E-state index < -0.39 is 0 Å². The number of nitrogens with zero attached hydrogens (tertiary/aromatic N) is 3. The summed E-state index contributed by atoms with van der Waals surface area (Å²) in [5.74, 6) is 0.375. The first-order valence-electron chi connectivity index (χ1n) is 9.21. The maximum atomic E-state index is 12.9. The molecule has 1 saturated heterocycles. The quantitative estimate of drug-likeness (QED) is 0.841. The molecule has 1 unspecified atom stereocenters. The zero-order chi connectivity index (χ0) is 17.8. The maximum Gasteiger partial charge on any atom is 0.254 e. The number of likely N-dealkylation sites (N-methyl/N-ethyl adjacent to an activating group) is 1. The Bertz CT molecular complexity index is 626. The number of pyridine rings is 1. The molecular weight excluding hydrogens is 318 g/mol. The summed E-state index contributed by atoms with van der Waals surface area (Å²) in [5.41, 5.74) is 0.541. The lowest BCUT2D eigenvalue weighted by molar-refractivity contribution is -0.132. The SMILES string of the molecule is CN(C)C(=O)C1CCCN1C(=O)c1ccnc(OC2CCCCC2)c1. The third-order valence-electron chi connectivity index (χ3n) is 5.06. The maximum absolute atomic E-state index is 12.9. The molecule has 2 aliphatic rings. The molecule has 0 bridgehead atoms.